The zero-order chi connectivity index (χ0) is 15.5. The van der Waals surface area contributed by atoms with Crippen molar-refractivity contribution in [2.24, 2.45) is 0 Å². The minimum absolute atomic E-state index is 0.876. The van der Waals surface area contributed by atoms with Gasteiger partial charge >= 0.3 is 82.5 Å². The van der Waals surface area contributed by atoms with Gasteiger partial charge in [-0.3, -0.25) is 0 Å². The van der Waals surface area contributed by atoms with E-state index in [1.54, 1.807) is 0 Å². The van der Waals surface area contributed by atoms with Gasteiger partial charge in [0.1, 0.15) is 0 Å². The molecule has 0 aromatic heterocycles. The van der Waals surface area contributed by atoms with Crippen molar-refractivity contribution in [2.45, 2.75) is 53.4 Å². The maximum atomic E-state index is 8.89. The van der Waals surface area contributed by atoms with Gasteiger partial charge in [0.2, 0.25) is 0 Å². The molecule has 0 N–H and O–H groups in total. The molecule has 0 aromatic rings. The van der Waals surface area contributed by atoms with Gasteiger partial charge in [-0.2, -0.15) is 0 Å². The first-order valence-electron chi connectivity index (χ1n) is 6.22. The number of carbonyl (C=O) groups excluding carboxylic acids is 2. The van der Waals surface area contributed by atoms with Gasteiger partial charge in [0.05, 0.1) is 0 Å². The summed E-state index contributed by atoms with van der Waals surface area (Å²) in [5.74, 6) is -2.17. The number of rotatable bonds is 8. The number of aliphatic carboxylic acids is 2. The van der Waals surface area contributed by atoms with Crippen LogP contribution in [0.25, 0.3) is 0 Å². The summed E-state index contributed by atoms with van der Waals surface area (Å²) in [7, 11) is 0. The average molecular weight is 356 g/mol. The molecule has 0 aliphatic rings. The summed E-state index contributed by atoms with van der Waals surface area (Å²) in [4.78, 5) is 17.8. The molecule has 0 spiro atoms. The minimum atomic E-state index is -1.08. The van der Waals surface area contributed by atoms with Crippen LogP contribution in [0.15, 0.2) is 0 Å². The molecule has 0 aliphatic heterocycles. The third-order valence-corrected chi connectivity index (χ3v) is 2.90. The van der Waals surface area contributed by atoms with E-state index in [1.165, 1.54) is 25.7 Å². The Morgan fingerprint density at radius 1 is 0.895 bits per heavy atom. The molecule has 0 bridgehead atoms. The molecule has 0 amide bonds. The fraction of sp³-hybridized carbons (Fsp3) is 0.833. The van der Waals surface area contributed by atoms with Crippen LogP contribution in [0.3, 0.4) is 0 Å². The molecule has 0 heterocycles. The summed E-state index contributed by atoms with van der Waals surface area (Å²) in [6.07, 6.45) is 4.79. The van der Waals surface area contributed by atoms with Crippen LogP contribution in [-0.4, -0.2) is 25.2 Å². The normalized spacial score (nSPS) is 8.21. The van der Waals surface area contributed by atoms with Crippen LogP contribution in [0, 0.1) is 0 Å². The molecule has 112 valence electrons. The topological polar surface area (TPSA) is 98.7 Å². The number of unbranched alkanes of at least 4 members (excludes halogenated alkanes) is 2. The Kier molecular flexibility index (Phi) is 28.7. The summed E-state index contributed by atoms with van der Waals surface area (Å²) in [5, 5.41) is 17.8. The number of hydrogen-bond donors (Lipinski definition) is 0. The Balaban J connectivity index is -0.000000264. The molecule has 19 heavy (non-hydrogen) atoms. The van der Waals surface area contributed by atoms with Crippen molar-refractivity contribution in [3.05, 3.63) is 0 Å². The summed E-state index contributed by atoms with van der Waals surface area (Å²) < 4.78 is 10.7. The van der Waals surface area contributed by atoms with Gasteiger partial charge in [-0.1, -0.05) is 0 Å². The summed E-state index contributed by atoms with van der Waals surface area (Å²) in [5.41, 5.74) is 0. The Labute approximate surface area is 128 Å². The molecule has 0 atom stereocenters. The molecular formula is C12H24O6Zr. The summed E-state index contributed by atoms with van der Waals surface area (Å²) in [6, 6.07) is 0. The average Bonchev–Trinajstić information content (AvgIpc) is 2.26. The van der Waals surface area contributed by atoms with Gasteiger partial charge < -0.3 is 19.8 Å². The van der Waals surface area contributed by atoms with E-state index in [2.05, 4.69) is 13.8 Å². The first-order valence-corrected chi connectivity index (χ1v) is 8.22. The quantitative estimate of drug-likeness (QED) is 0.570. The van der Waals surface area contributed by atoms with E-state index in [9.17, 15) is 0 Å². The molecule has 0 rings (SSSR count). The first kappa shape index (κ1) is 23.8. The zero-order valence-corrected chi connectivity index (χ0v) is 14.7. The number of carbonyl (C=O) groups is 2. The van der Waals surface area contributed by atoms with E-state index in [0.29, 0.717) is 0 Å². The summed E-state index contributed by atoms with van der Waals surface area (Å²) in [6.45, 7) is 8.11. The second kappa shape index (κ2) is 22.9. The molecule has 7 heteroatoms. The van der Waals surface area contributed by atoms with E-state index in [0.717, 1.165) is 27.1 Å². The van der Waals surface area contributed by atoms with Gasteiger partial charge in [0.25, 0.3) is 0 Å². The van der Waals surface area contributed by atoms with Gasteiger partial charge in [-0.15, -0.1) is 0 Å². The first-order chi connectivity index (χ1) is 8.88. The fourth-order valence-corrected chi connectivity index (χ4v) is 1.88. The number of carboxylic acids is 2. The monoisotopic (exact) mass is 354 g/mol. The van der Waals surface area contributed by atoms with Crippen molar-refractivity contribution in [3.8, 4) is 0 Å². The van der Waals surface area contributed by atoms with Crippen molar-refractivity contribution in [1.29, 1.82) is 0 Å². The predicted octanol–water partition coefficient (Wildman–Crippen LogP) is 0.0447. The van der Waals surface area contributed by atoms with Crippen LogP contribution < -0.4 is 10.2 Å². The molecule has 0 saturated carbocycles. The van der Waals surface area contributed by atoms with Gasteiger partial charge in [-0.05, 0) is 13.8 Å². The van der Waals surface area contributed by atoms with Crippen LogP contribution in [0.4, 0.5) is 0 Å². The van der Waals surface area contributed by atoms with Crippen LogP contribution >= 0.6 is 0 Å². The Bertz CT molecular complexity index is 171. The summed E-state index contributed by atoms with van der Waals surface area (Å²) >= 11 is -0.876. The van der Waals surface area contributed by atoms with Gasteiger partial charge in [0.15, 0.2) is 0 Å². The van der Waals surface area contributed by atoms with Crippen LogP contribution in [-0.2, 0) is 39.3 Å². The predicted molar refractivity (Wildman–Crippen MR) is 63.1 cm³/mol. The van der Waals surface area contributed by atoms with Crippen molar-refractivity contribution < 1.29 is 49.5 Å². The van der Waals surface area contributed by atoms with Crippen molar-refractivity contribution >= 4 is 11.9 Å². The van der Waals surface area contributed by atoms with E-state index in [-0.39, 0.29) is 0 Å². The third kappa shape index (κ3) is 73.3. The van der Waals surface area contributed by atoms with Crippen LogP contribution in [0.5, 0.6) is 0 Å². The molecular weight excluding hydrogens is 331 g/mol. The number of carboxylic acid groups (broad SMARTS) is 2. The van der Waals surface area contributed by atoms with E-state index >= 15 is 0 Å². The Morgan fingerprint density at radius 3 is 1.37 bits per heavy atom. The van der Waals surface area contributed by atoms with E-state index in [1.807, 2.05) is 0 Å². The van der Waals surface area contributed by atoms with Gasteiger partial charge in [0, 0.05) is 11.9 Å². The molecule has 0 aliphatic carbocycles. The zero-order valence-electron chi connectivity index (χ0n) is 12.2. The van der Waals surface area contributed by atoms with Crippen molar-refractivity contribution in [3.63, 3.8) is 0 Å². The van der Waals surface area contributed by atoms with E-state index < -0.39 is 36.1 Å². The van der Waals surface area contributed by atoms with Crippen LogP contribution in [0.2, 0.25) is 0 Å². The van der Waals surface area contributed by atoms with Crippen molar-refractivity contribution in [2.75, 3.05) is 13.2 Å². The van der Waals surface area contributed by atoms with Crippen molar-refractivity contribution in [1.82, 2.24) is 0 Å². The van der Waals surface area contributed by atoms with Crippen LogP contribution in [0.1, 0.15) is 53.4 Å². The fourth-order valence-electron chi connectivity index (χ4n) is 0.558. The maximum absolute atomic E-state index is 8.89. The molecule has 0 unspecified atom stereocenters. The van der Waals surface area contributed by atoms with Gasteiger partial charge in [-0.25, -0.2) is 0 Å². The third-order valence-electron chi connectivity index (χ3n) is 1.32. The number of hydrogen-bond acceptors (Lipinski definition) is 6. The second-order valence-corrected chi connectivity index (χ2v) is 5.30. The Hall–Kier alpha value is -0.257. The Morgan fingerprint density at radius 2 is 1.16 bits per heavy atom. The second-order valence-electron chi connectivity index (χ2n) is 3.47. The molecule has 0 radical (unpaired) electrons. The molecule has 6 nitrogen and oxygen atoms in total. The standard InChI is InChI=1S/2C4H9O.2C2H4O2.Zr/c2*1-2-3-4-5;2*1-2(3)4;/h2*2-4H2,1H3;2*1H3,(H,3,4);/q2*-1;;;+4/p-2. The SMILES string of the molecule is CC(=O)[O-].CC(=O)[O-].CCCC[O][Zr+2][O]CCCC. The molecule has 0 saturated heterocycles. The van der Waals surface area contributed by atoms with E-state index in [4.69, 9.17) is 25.4 Å². The molecule has 0 fully saturated rings. The molecule has 0 aromatic carbocycles.